The second kappa shape index (κ2) is 10.5. The van der Waals surface area contributed by atoms with Gasteiger partial charge in [-0.2, -0.15) is 5.10 Å². The molecule has 0 aliphatic heterocycles. The van der Waals surface area contributed by atoms with Gasteiger partial charge in [0, 0.05) is 41.5 Å². The van der Waals surface area contributed by atoms with Crippen LogP contribution in [0.2, 0.25) is 0 Å². The summed E-state index contributed by atoms with van der Waals surface area (Å²) in [6, 6.07) is 14.7. The molecule has 1 saturated carbocycles. The third-order valence-electron chi connectivity index (χ3n) is 7.71. The number of anilines is 2. The minimum absolute atomic E-state index is 0.318. The number of rotatable bonds is 6. The molecule has 1 aliphatic rings. The predicted octanol–water partition coefficient (Wildman–Crippen LogP) is 4.45. The fourth-order valence-corrected chi connectivity index (χ4v) is 5.79. The molecule has 3 aromatic rings. The van der Waals surface area contributed by atoms with Gasteiger partial charge in [-0.15, -0.1) is 0 Å². The van der Waals surface area contributed by atoms with Crippen molar-refractivity contribution in [3.05, 3.63) is 76.6 Å². The lowest BCUT2D eigenvalue weighted by molar-refractivity contribution is -0.150. The summed E-state index contributed by atoms with van der Waals surface area (Å²) in [6.45, 7) is 11.5. The highest BCUT2D eigenvalue weighted by Gasteiger charge is 2.57. The largest absolute Gasteiger partial charge is 0.389 e. The van der Waals surface area contributed by atoms with Crippen molar-refractivity contribution in [2.75, 3.05) is 10.6 Å². The Hall–Kier alpha value is -3.78. The van der Waals surface area contributed by atoms with Gasteiger partial charge in [-0.25, -0.2) is 0 Å². The fourth-order valence-electron chi connectivity index (χ4n) is 5.79. The van der Waals surface area contributed by atoms with Crippen molar-refractivity contribution in [1.82, 2.24) is 9.78 Å². The number of amides is 2. The van der Waals surface area contributed by atoms with Crippen LogP contribution >= 0.6 is 0 Å². The molecule has 1 heterocycles. The van der Waals surface area contributed by atoms with Gasteiger partial charge in [0.05, 0.1) is 17.2 Å². The van der Waals surface area contributed by atoms with E-state index in [0.717, 1.165) is 16.8 Å². The number of carbonyl (C=O) groups is 3. The summed E-state index contributed by atoms with van der Waals surface area (Å²) in [5, 5.41) is 22.1. The average molecular weight is 517 g/mol. The fraction of sp³-hybridized carbons (Fsp3) is 0.400. The van der Waals surface area contributed by atoms with E-state index in [0.29, 0.717) is 29.2 Å². The second-order valence-electron chi connectivity index (χ2n) is 10.5. The van der Waals surface area contributed by atoms with Crippen LogP contribution in [0.15, 0.2) is 48.5 Å². The first-order valence-electron chi connectivity index (χ1n) is 13.0. The van der Waals surface area contributed by atoms with Crippen LogP contribution in [-0.2, 0) is 20.9 Å². The maximum atomic E-state index is 14.0. The van der Waals surface area contributed by atoms with E-state index in [1.54, 1.807) is 16.8 Å². The van der Waals surface area contributed by atoms with Crippen LogP contribution in [0.1, 0.15) is 54.3 Å². The Morgan fingerprint density at radius 2 is 1.50 bits per heavy atom. The molecule has 1 aromatic heterocycles. The average Bonchev–Trinajstić information content (AvgIpc) is 3.13. The van der Waals surface area contributed by atoms with E-state index >= 15 is 0 Å². The van der Waals surface area contributed by atoms with Gasteiger partial charge in [0.2, 0.25) is 11.8 Å². The number of para-hydroxylation sites is 2. The van der Waals surface area contributed by atoms with Crippen LogP contribution in [0.25, 0.3) is 0 Å². The first-order valence-corrected chi connectivity index (χ1v) is 13.0. The molecule has 4 atom stereocenters. The van der Waals surface area contributed by atoms with E-state index in [9.17, 15) is 19.5 Å². The van der Waals surface area contributed by atoms with Gasteiger partial charge < -0.3 is 15.7 Å². The molecule has 0 spiro atoms. The number of nitrogens with one attached hydrogen (secondary N) is 2. The maximum absolute atomic E-state index is 14.0. The number of aryl methyl sites for hydroxylation is 4. The van der Waals surface area contributed by atoms with Gasteiger partial charge in [-0.3, -0.25) is 19.1 Å². The van der Waals surface area contributed by atoms with Crippen molar-refractivity contribution in [2.45, 2.75) is 66.0 Å². The summed E-state index contributed by atoms with van der Waals surface area (Å²) < 4.78 is 1.80. The molecule has 3 N–H and O–H groups in total. The third kappa shape index (κ3) is 5.00. The minimum atomic E-state index is -1.68. The topological polar surface area (TPSA) is 113 Å². The van der Waals surface area contributed by atoms with Crippen LogP contribution in [0.5, 0.6) is 0 Å². The van der Waals surface area contributed by atoms with Crippen molar-refractivity contribution < 1.29 is 19.5 Å². The third-order valence-corrected chi connectivity index (χ3v) is 7.71. The molecule has 4 rings (SSSR count). The van der Waals surface area contributed by atoms with Crippen molar-refractivity contribution in [2.24, 2.45) is 11.8 Å². The van der Waals surface area contributed by atoms with E-state index in [2.05, 4.69) is 15.7 Å². The van der Waals surface area contributed by atoms with E-state index in [-0.39, 0.29) is 6.42 Å². The van der Waals surface area contributed by atoms with E-state index in [1.807, 2.05) is 71.0 Å². The van der Waals surface area contributed by atoms with Crippen LogP contribution in [0.3, 0.4) is 0 Å². The van der Waals surface area contributed by atoms with Gasteiger partial charge in [-0.1, -0.05) is 36.4 Å². The molecule has 38 heavy (non-hydrogen) atoms. The molecular formula is C30H36N4O4. The standard InChI is InChI=1S/C30H36N4O4/c1-7-34-20(5)24(19(4)33-34)26-25(28(36)31-21-14-10-8-12-17(21)2)23(35)16-30(6,38)27(26)29(37)32-22-15-11-9-13-18(22)3/h8-15,25-27,38H,7,16H2,1-6H3,(H,31,36)(H,32,37)/t25-,26+,27-,30+/m0/s1. The van der Waals surface area contributed by atoms with Crippen LogP contribution < -0.4 is 10.6 Å². The quantitative estimate of drug-likeness (QED) is 0.419. The van der Waals surface area contributed by atoms with Crippen molar-refractivity contribution in [3.63, 3.8) is 0 Å². The molecule has 0 saturated heterocycles. The van der Waals surface area contributed by atoms with Crippen molar-refractivity contribution >= 4 is 29.0 Å². The number of Topliss-reactive ketones (excluding diaryl/α,β-unsaturated/α-hetero) is 1. The highest BCUT2D eigenvalue weighted by atomic mass is 16.3. The summed E-state index contributed by atoms with van der Waals surface area (Å²) in [7, 11) is 0. The second-order valence-corrected chi connectivity index (χ2v) is 10.5. The SMILES string of the molecule is CCn1nc(C)c([C@@H]2[C@@H](C(=O)Nc3ccccc3C)C(=O)C[C@@](C)(O)[C@@H]2C(=O)Nc2ccccc2C)c1C. The first kappa shape index (κ1) is 27.3. The Kier molecular flexibility index (Phi) is 7.56. The summed E-state index contributed by atoms with van der Waals surface area (Å²) in [5.74, 6) is -4.54. The molecule has 2 amide bonds. The highest BCUT2D eigenvalue weighted by molar-refractivity contribution is 6.10. The lowest BCUT2D eigenvalue weighted by Gasteiger charge is -2.44. The van der Waals surface area contributed by atoms with Crippen LogP contribution in [-0.4, -0.2) is 38.1 Å². The summed E-state index contributed by atoms with van der Waals surface area (Å²) in [6.07, 6.45) is -0.318. The Balaban J connectivity index is 1.85. The number of hydrogen-bond donors (Lipinski definition) is 3. The number of benzene rings is 2. The number of nitrogens with zero attached hydrogens (tertiary/aromatic N) is 2. The molecule has 200 valence electrons. The Morgan fingerprint density at radius 1 is 0.974 bits per heavy atom. The normalized spacial score (nSPS) is 23.2. The monoisotopic (exact) mass is 516 g/mol. The number of hydrogen-bond acceptors (Lipinski definition) is 5. The lowest BCUT2D eigenvalue weighted by Crippen LogP contribution is -2.56. The minimum Gasteiger partial charge on any atom is -0.389 e. The van der Waals surface area contributed by atoms with E-state index in [1.165, 1.54) is 6.92 Å². The van der Waals surface area contributed by atoms with Gasteiger partial charge >= 0.3 is 0 Å². The Bertz CT molecular complexity index is 1390. The van der Waals surface area contributed by atoms with Gasteiger partial charge in [0.15, 0.2) is 0 Å². The highest BCUT2D eigenvalue weighted by Crippen LogP contribution is 2.48. The number of aromatic nitrogens is 2. The molecule has 2 aromatic carbocycles. The Labute approximate surface area is 223 Å². The molecule has 8 nitrogen and oxygen atoms in total. The zero-order chi connectivity index (χ0) is 27.8. The lowest BCUT2D eigenvalue weighted by atomic mass is 9.60. The van der Waals surface area contributed by atoms with Crippen LogP contribution in [0.4, 0.5) is 11.4 Å². The van der Waals surface area contributed by atoms with E-state index < -0.39 is 41.0 Å². The summed E-state index contributed by atoms with van der Waals surface area (Å²) in [5.41, 5.74) is 3.29. The Morgan fingerprint density at radius 3 is 2.00 bits per heavy atom. The molecule has 0 radical (unpaired) electrons. The molecule has 8 heteroatoms. The smallest absolute Gasteiger partial charge is 0.235 e. The number of aliphatic hydroxyl groups is 1. The zero-order valence-corrected chi connectivity index (χ0v) is 22.8. The molecule has 1 aliphatic carbocycles. The molecular weight excluding hydrogens is 480 g/mol. The van der Waals surface area contributed by atoms with E-state index in [4.69, 9.17) is 0 Å². The zero-order valence-electron chi connectivity index (χ0n) is 22.8. The number of ketones is 1. The van der Waals surface area contributed by atoms with Crippen molar-refractivity contribution in [3.8, 4) is 0 Å². The molecule has 1 fully saturated rings. The van der Waals surface area contributed by atoms with Gasteiger partial charge in [0.25, 0.3) is 0 Å². The molecule has 0 unspecified atom stereocenters. The maximum Gasteiger partial charge on any atom is 0.235 e. The van der Waals surface area contributed by atoms with Gasteiger partial charge in [0.1, 0.15) is 11.7 Å². The summed E-state index contributed by atoms with van der Waals surface area (Å²) in [4.78, 5) is 41.4. The van der Waals surface area contributed by atoms with Gasteiger partial charge in [-0.05, 0) is 64.8 Å². The first-order chi connectivity index (χ1) is 18.0. The molecule has 0 bridgehead atoms. The summed E-state index contributed by atoms with van der Waals surface area (Å²) >= 11 is 0. The van der Waals surface area contributed by atoms with Crippen LogP contribution in [0, 0.1) is 39.5 Å². The number of carbonyl (C=O) groups excluding carboxylic acids is 3. The predicted molar refractivity (Wildman–Crippen MR) is 147 cm³/mol. The van der Waals surface area contributed by atoms with Crippen molar-refractivity contribution in [1.29, 1.82) is 0 Å².